The fourth-order valence-corrected chi connectivity index (χ4v) is 3.99. The average molecular weight is 408 g/mol. The Hall–Kier alpha value is -1.65. The van der Waals surface area contributed by atoms with Crippen molar-refractivity contribution in [3.63, 3.8) is 0 Å². The molecule has 0 atom stereocenters. The minimum Gasteiger partial charge on any atom is -0.383 e. The van der Waals surface area contributed by atoms with Gasteiger partial charge in [-0.15, -0.1) is 0 Å². The molecule has 1 fully saturated rings. The van der Waals surface area contributed by atoms with Crippen molar-refractivity contribution in [3.05, 3.63) is 29.8 Å². The highest BCUT2D eigenvalue weighted by Gasteiger charge is 2.41. The molecule has 10 heteroatoms. The topological polar surface area (TPSA) is 84.5 Å². The molecule has 0 saturated heterocycles. The first-order valence-electron chi connectivity index (χ1n) is 8.59. The maximum atomic E-state index is 12.7. The van der Waals surface area contributed by atoms with Crippen molar-refractivity contribution in [2.75, 3.05) is 20.3 Å². The molecule has 1 aromatic carbocycles. The lowest BCUT2D eigenvalue weighted by Gasteiger charge is -2.30. The number of nitrogens with one attached hydrogen (secondary N) is 2. The molecule has 6 nitrogen and oxygen atoms in total. The van der Waals surface area contributed by atoms with Gasteiger partial charge in [0.1, 0.15) is 0 Å². The highest BCUT2D eigenvalue weighted by Crippen LogP contribution is 2.37. The van der Waals surface area contributed by atoms with Crippen LogP contribution in [-0.4, -0.2) is 46.8 Å². The van der Waals surface area contributed by atoms with Crippen LogP contribution in [-0.2, 0) is 14.8 Å². The molecule has 1 aliphatic carbocycles. The lowest BCUT2D eigenvalue weighted by Crippen LogP contribution is -2.40. The van der Waals surface area contributed by atoms with E-state index in [4.69, 9.17) is 4.74 Å². The fourth-order valence-electron chi connectivity index (χ4n) is 2.98. The summed E-state index contributed by atoms with van der Waals surface area (Å²) in [5.41, 5.74) is 0.254. The van der Waals surface area contributed by atoms with Gasteiger partial charge >= 0.3 is 6.18 Å². The van der Waals surface area contributed by atoms with Gasteiger partial charge in [-0.3, -0.25) is 4.79 Å². The van der Waals surface area contributed by atoms with Crippen molar-refractivity contribution in [2.24, 2.45) is 5.92 Å². The number of carbonyl (C=O) groups is 1. The Labute approximate surface area is 156 Å². The van der Waals surface area contributed by atoms with Crippen LogP contribution >= 0.6 is 0 Å². The quantitative estimate of drug-likeness (QED) is 0.679. The number of sulfonamides is 1. The summed E-state index contributed by atoms with van der Waals surface area (Å²) in [6.07, 6.45) is -3.65. The summed E-state index contributed by atoms with van der Waals surface area (Å²) in [6.45, 7) is 0.359. The zero-order valence-electron chi connectivity index (χ0n) is 14.9. The number of amides is 1. The van der Waals surface area contributed by atoms with Crippen molar-refractivity contribution >= 4 is 15.9 Å². The Morgan fingerprint density at radius 3 is 2.26 bits per heavy atom. The van der Waals surface area contributed by atoms with E-state index in [1.54, 1.807) is 0 Å². The molecule has 1 aliphatic rings. The molecule has 0 spiro atoms. The summed E-state index contributed by atoms with van der Waals surface area (Å²) < 4.78 is 69.3. The van der Waals surface area contributed by atoms with Crippen LogP contribution in [0, 0.1) is 5.92 Å². The van der Waals surface area contributed by atoms with E-state index in [1.807, 2.05) is 0 Å². The molecule has 0 heterocycles. The summed E-state index contributed by atoms with van der Waals surface area (Å²) >= 11 is 0. The summed E-state index contributed by atoms with van der Waals surface area (Å²) in [5, 5.41) is 2.72. The van der Waals surface area contributed by atoms with E-state index in [0.717, 1.165) is 0 Å². The van der Waals surface area contributed by atoms with E-state index in [1.165, 1.54) is 31.4 Å². The van der Waals surface area contributed by atoms with Crippen LogP contribution in [0.5, 0.6) is 0 Å². The Morgan fingerprint density at radius 2 is 1.74 bits per heavy atom. The van der Waals surface area contributed by atoms with Crippen molar-refractivity contribution in [2.45, 2.75) is 42.8 Å². The van der Waals surface area contributed by atoms with Crippen LogP contribution in [0.15, 0.2) is 29.2 Å². The number of alkyl halides is 3. The number of methoxy groups -OCH3 is 1. The highest BCUT2D eigenvalue weighted by molar-refractivity contribution is 7.89. The molecule has 1 aromatic rings. The molecule has 0 aromatic heterocycles. The molecule has 2 N–H and O–H groups in total. The highest BCUT2D eigenvalue weighted by atomic mass is 32.2. The molecular formula is C17H23F3N2O4S. The number of halogens is 3. The number of carbonyl (C=O) groups excluding carboxylic acids is 1. The molecule has 1 saturated carbocycles. The van der Waals surface area contributed by atoms with E-state index < -0.39 is 28.0 Å². The summed E-state index contributed by atoms with van der Waals surface area (Å²) in [7, 11) is -2.23. The monoisotopic (exact) mass is 408 g/mol. The second kappa shape index (κ2) is 9.03. The normalized spacial score (nSPS) is 21.0. The average Bonchev–Trinajstić information content (AvgIpc) is 2.61. The van der Waals surface area contributed by atoms with Gasteiger partial charge in [0.15, 0.2) is 0 Å². The molecule has 0 bridgehead atoms. The standard InChI is InChI=1S/C17H23F3N2O4S/c1-26-11-10-21-27(24,25)15-8-2-12(3-9-15)16(23)22-14-6-4-13(5-7-14)17(18,19)20/h2-3,8-9,13-14,21H,4-7,10-11H2,1H3,(H,22,23). The Bertz CT molecular complexity index is 728. The van der Waals surface area contributed by atoms with Crippen LogP contribution in [0.25, 0.3) is 0 Å². The van der Waals surface area contributed by atoms with Crippen LogP contribution in [0.2, 0.25) is 0 Å². The second-order valence-electron chi connectivity index (χ2n) is 6.48. The van der Waals surface area contributed by atoms with Gasteiger partial charge in [0.05, 0.1) is 17.4 Å². The van der Waals surface area contributed by atoms with Crippen molar-refractivity contribution < 1.29 is 31.1 Å². The van der Waals surface area contributed by atoms with Crippen LogP contribution < -0.4 is 10.0 Å². The van der Waals surface area contributed by atoms with Gasteiger partial charge in [0, 0.05) is 25.3 Å². The molecule has 27 heavy (non-hydrogen) atoms. The van der Waals surface area contributed by atoms with Gasteiger partial charge in [-0.25, -0.2) is 13.1 Å². The summed E-state index contributed by atoms with van der Waals surface area (Å²) in [5.74, 6) is -1.73. The van der Waals surface area contributed by atoms with E-state index in [-0.39, 0.29) is 55.3 Å². The SMILES string of the molecule is COCCNS(=O)(=O)c1ccc(C(=O)NC2CCC(C(F)(F)F)CC2)cc1. The fraction of sp³-hybridized carbons (Fsp3) is 0.588. The number of hydrogen-bond acceptors (Lipinski definition) is 4. The van der Waals surface area contributed by atoms with Crippen molar-refractivity contribution in [3.8, 4) is 0 Å². The Balaban J connectivity index is 1.91. The van der Waals surface area contributed by atoms with Crippen molar-refractivity contribution in [1.82, 2.24) is 10.0 Å². The largest absolute Gasteiger partial charge is 0.391 e. The first kappa shape index (κ1) is 21.6. The maximum Gasteiger partial charge on any atom is 0.391 e. The van der Waals surface area contributed by atoms with Gasteiger partial charge in [-0.2, -0.15) is 13.2 Å². The Kier molecular flexibility index (Phi) is 7.24. The molecule has 0 radical (unpaired) electrons. The third-order valence-corrected chi connectivity index (χ3v) is 6.03. The molecule has 0 aliphatic heterocycles. The summed E-state index contributed by atoms with van der Waals surface area (Å²) in [4.78, 5) is 12.3. The van der Waals surface area contributed by atoms with Crippen LogP contribution in [0.4, 0.5) is 13.2 Å². The number of rotatable bonds is 7. The maximum absolute atomic E-state index is 12.7. The second-order valence-corrected chi connectivity index (χ2v) is 8.25. The van der Waals surface area contributed by atoms with Crippen LogP contribution in [0.3, 0.4) is 0 Å². The third kappa shape index (κ3) is 6.18. The molecule has 0 unspecified atom stereocenters. The van der Waals surface area contributed by atoms with E-state index in [9.17, 15) is 26.4 Å². The summed E-state index contributed by atoms with van der Waals surface area (Å²) in [6, 6.07) is 5.06. The molecule has 152 valence electrons. The van der Waals surface area contributed by atoms with E-state index in [0.29, 0.717) is 0 Å². The van der Waals surface area contributed by atoms with E-state index in [2.05, 4.69) is 10.0 Å². The van der Waals surface area contributed by atoms with Gasteiger partial charge in [0.2, 0.25) is 10.0 Å². The first-order valence-corrected chi connectivity index (χ1v) is 10.1. The zero-order chi connectivity index (χ0) is 20.1. The lowest BCUT2D eigenvalue weighted by atomic mass is 9.85. The molecule has 2 rings (SSSR count). The smallest absolute Gasteiger partial charge is 0.383 e. The van der Waals surface area contributed by atoms with E-state index >= 15 is 0 Å². The predicted octanol–water partition coefficient (Wildman–Crippen LogP) is 2.46. The minimum absolute atomic E-state index is 0.00122. The molecular weight excluding hydrogens is 385 g/mol. The number of hydrogen-bond donors (Lipinski definition) is 2. The van der Waals surface area contributed by atoms with Crippen molar-refractivity contribution in [1.29, 1.82) is 0 Å². The number of ether oxygens (including phenoxy) is 1. The van der Waals surface area contributed by atoms with Gasteiger partial charge in [0.25, 0.3) is 5.91 Å². The molecule has 1 amide bonds. The van der Waals surface area contributed by atoms with Gasteiger partial charge in [-0.1, -0.05) is 0 Å². The third-order valence-electron chi connectivity index (χ3n) is 4.55. The zero-order valence-corrected chi connectivity index (χ0v) is 15.7. The van der Waals surface area contributed by atoms with Gasteiger partial charge < -0.3 is 10.1 Å². The first-order chi connectivity index (χ1) is 12.6. The Morgan fingerprint density at radius 1 is 1.15 bits per heavy atom. The van der Waals surface area contributed by atoms with Gasteiger partial charge in [-0.05, 0) is 49.9 Å². The minimum atomic E-state index is -4.19. The van der Waals surface area contributed by atoms with Crippen LogP contribution in [0.1, 0.15) is 36.0 Å². The number of benzene rings is 1. The predicted molar refractivity (Wildman–Crippen MR) is 92.8 cm³/mol. The lowest BCUT2D eigenvalue weighted by molar-refractivity contribution is -0.182.